The number of rotatable bonds is 9. The van der Waals surface area contributed by atoms with Gasteiger partial charge in [0.1, 0.15) is 6.07 Å². The Morgan fingerprint density at radius 3 is 2.43 bits per heavy atom. The van der Waals surface area contributed by atoms with Crippen LogP contribution < -0.4 is 24.4 Å². The molecule has 0 aliphatic carbocycles. The summed E-state index contributed by atoms with van der Waals surface area (Å²) in [6.07, 6.45) is 1.85. The summed E-state index contributed by atoms with van der Waals surface area (Å²) in [5.74, 6) is 2.49. The van der Waals surface area contributed by atoms with Gasteiger partial charge in [0.05, 0.1) is 27.6 Å². The van der Waals surface area contributed by atoms with Gasteiger partial charge in [-0.3, -0.25) is 9.69 Å². The zero-order valence-corrected chi connectivity index (χ0v) is 19.9. The smallest absolute Gasteiger partial charge is 0.266 e. The second-order valence-corrected chi connectivity index (χ2v) is 7.80. The maximum atomic E-state index is 12.6. The lowest BCUT2D eigenvalue weighted by Crippen LogP contribution is -2.47. The fourth-order valence-corrected chi connectivity index (χ4v) is 3.92. The monoisotopic (exact) mass is 481 g/mol. The van der Waals surface area contributed by atoms with E-state index in [0.717, 1.165) is 13.1 Å². The molecular formula is C24H27N5O6. The van der Waals surface area contributed by atoms with Crippen LogP contribution in [0, 0.1) is 11.3 Å². The maximum Gasteiger partial charge on any atom is 0.266 e. The van der Waals surface area contributed by atoms with Gasteiger partial charge in [-0.2, -0.15) is 10.2 Å². The van der Waals surface area contributed by atoms with Crippen LogP contribution in [-0.2, 0) is 4.79 Å². The molecule has 0 saturated carbocycles. The van der Waals surface area contributed by atoms with Gasteiger partial charge < -0.3 is 33.3 Å². The van der Waals surface area contributed by atoms with Crippen LogP contribution in [0.2, 0.25) is 0 Å². The van der Waals surface area contributed by atoms with Gasteiger partial charge in [-0.15, -0.1) is 0 Å². The fraction of sp³-hybridized carbons (Fsp3) is 0.375. The van der Waals surface area contributed by atoms with Gasteiger partial charge in [0, 0.05) is 57.0 Å². The van der Waals surface area contributed by atoms with E-state index >= 15 is 0 Å². The lowest BCUT2D eigenvalue weighted by Gasteiger charge is -2.34. The highest BCUT2D eigenvalue weighted by Crippen LogP contribution is 2.40. The molecule has 0 atom stereocenters. The molecule has 0 bridgehead atoms. The number of hydrogen-bond acceptors (Lipinski definition) is 10. The van der Waals surface area contributed by atoms with E-state index in [1.54, 1.807) is 24.3 Å². The second-order valence-electron chi connectivity index (χ2n) is 7.80. The van der Waals surface area contributed by atoms with E-state index in [-0.39, 0.29) is 17.5 Å². The van der Waals surface area contributed by atoms with Crippen molar-refractivity contribution >= 4 is 17.5 Å². The lowest BCUT2D eigenvalue weighted by molar-refractivity contribution is -0.116. The topological polar surface area (TPSA) is 126 Å². The molecule has 0 unspecified atom stereocenters. The minimum atomic E-state index is -0.119. The van der Waals surface area contributed by atoms with E-state index in [9.17, 15) is 10.1 Å². The fourth-order valence-electron chi connectivity index (χ4n) is 3.92. The minimum Gasteiger partial charge on any atom is -0.493 e. The Labute approximate surface area is 202 Å². The first-order valence-corrected chi connectivity index (χ1v) is 11.1. The molecule has 3 heterocycles. The number of nitrogens with zero attached hydrogens (tertiary/aromatic N) is 4. The second kappa shape index (κ2) is 10.8. The highest BCUT2D eigenvalue weighted by molar-refractivity contribution is 5.91. The quantitative estimate of drug-likeness (QED) is 0.487. The van der Waals surface area contributed by atoms with Crippen molar-refractivity contribution in [3.8, 4) is 35.0 Å². The van der Waals surface area contributed by atoms with Crippen molar-refractivity contribution in [1.29, 1.82) is 5.26 Å². The van der Waals surface area contributed by atoms with Crippen LogP contribution in [0.3, 0.4) is 0 Å². The zero-order chi connectivity index (χ0) is 24.8. The molecule has 1 amide bonds. The molecule has 0 radical (unpaired) electrons. The van der Waals surface area contributed by atoms with Crippen LogP contribution >= 0.6 is 0 Å². The van der Waals surface area contributed by atoms with Gasteiger partial charge in [-0.25, -0.2) is 0 Å². The average Bonchev–Trinajstić information content (AvgIpc) is 3.57. The van der Waals surface area contributed by atoms with E-state index in [1.165, 1.54) is 27.6 Å². The Hall–Kier alpha value is -4.17. The summed E-state index contributed by atoms with van der Waals surface area (Å²) in [5.41, 5.74) is 0.797. The van der Waals surface area contributed by atoms with Crippen molar-refractivity contribution in [3.63, 3.8) is 0 Å². The molecule has 1 saturated heterocycles. The maximum absolute atomic E-state index is 12.6. The van der Waals surface area contributed by atoms with Gasteiger partial charge in [0.2, 0.25) is 23.2 Å². The summed E-state index contributed by atoms with van der Waals surface area (Å²) in [6.45, 7) is 3.34. The number of carbonyl (C=O) groups excluding carboxylic acids is 1. The molecule has 11 heteroatoms. The van der Waals surface area contributed by atoms with Crippen molar-refractivity contribution in [2.24, 2.45) is 0 Å². The van der Waals surface area contributed by atoms with E-state index in [2.05, 4.69) is 21.3 Å². The molecule has 1 aromatic carbocycles. The molecule has 3 aromatic rings. The summed E-state index contributed by atoms with van der Waals surface area (Å²) >= 11 is 0. The van der Waals surface area contributed by atoms with Crippen LogP contribution in [0.25, 0.3) is 11.7 Å². The Kier molecular flexibility index (Phi) is 7.42. The van der Waals surface area contributed by atoms with Crippen molar-refractivity contribution in [2.75, 3.05) is 64.3 Å². The number of ether oxygens (including phenoxy) is 3. The molecule has 1 aliphatic heterocycles. The Morgan fingerprint density at radius 1 is 1.14 bits per heavy atom. The average molecular weight is 482 g/mol. The highest BCUT2D eigenvalue weighted by atomic mass is 16.5. The largest absolute Gasteiger partial charge is 0.493 e. The molecular weight excluding hydrogens is 454 g/mol. The number of anilines is 2. The summed E-state index contributed by atoms with van der Waals surface area (Å²) < 4.78 is 27.1. The predicted molar refractivity (Wildman–Crippen MR) is 127 cm³/mol. The Balaban J connectivity index is 1.30. The summed E-state index contributed by atoms with van der Waals surface area (Å²) in [7, 11) is 4.58. The van der Waals surface area contributed by atoms with Crippen molar-refractivity contribution in [1.82, 2.24) is 9.88 Å². The molecule has 2 aromatic heterocycles. The third-order valence-electron chi connectivity index (χ3n) is 5.71. The Bertz CT molecular complexity index is 1170. The molecule has 1 fully saturated rings. The third kappa shape index (κ3) is 5.33. The van der Waals surface area contributed by atoms with Gasteiger partial charge in [0.25, 0.3) is 5.89 Å². The number of nitriles is 1. The van der Waals surface area contributed by atoms with E-state index < -0.39 is 0 Å². The van der Waals surface area contributed by atoms with Gasteiger partial charge in [-0.05, 0) is 12.1 Å². The molecule has 1 N–H and O–H groups in total. The number of benzene rings is 1. The number of aromatic nitrogens is 1. The summed E-state index contributed by atoms with van der Waals surface area (Å²) in [6, 6.07) is 8.95. The number of hydrogen-bond donors (Lipinski definition) is 1. The van der Waals surface area contributed by atoms with Crippen molar-refractivity contribution < 1.29 is 27.8 Å². The highest BCUT2D eigenvalue weighted by Gasteiger charge is 2.25. The third-order valence-corrected chi connectivity index (χ3v) is 5.71. The summed E-state index contributed by atoms with van der Waals surface area (Å²) in [4.78, 5) is 21.0. The number of methoxy groups -OCH3 is 3. The molecule has 0 spiro atoms. The van der Waals surface area contributed by atoms with Crippen molar-refractivity contribution in [3.05, 3.63) is 36.2 Å². The van der Waals surface area contributed by atoms with E-state index in [1.807, 2.05) is 4.90 Å². The van der Waals surface area contributed by atoms with E-state index in [4.69, 9.17) is 23.0 Å². The number of amides is 1. The normalized spacial score (nSPS) is 13.8. The number of piperazine rings is 1. The SMILES string of the molecule is COc1cc(NC(=O)CCN2CCN(c3oc(-c4ccco4)nc3C#N)CC2)cc(OC)c1OC. The van der Waals surface area contributed by atoms with Gasteiger partial charge in [-0.1, -0.05) is 0 Å². The Morgan fingerprint density at radius 2 is 1.86 bits per heavy atom. The first-order valence-electron chi connectivity index (χ1n) is 11.1. The number of carbonyl (C=O) groups is 1. The van der Waals surface area contributed by atoms with Crippen LogP contribution in [0.1, 0.15) is 12.1 Å². The molecule has 1 aliphatic rings. The van der Waals surface area contributed by atoms with Crippen LogP contribution in [0.4, 0.5) is 11.6 Å². The standard InChI is InChI=1S/C24H27N5O6/c1-31-19-13-16(14-20(32-2)22(19)33-3)26-21(30)6-7-28-8-10-29(11-9-28)24-17(15-25)27-23(35-24)18-5-4-12-34-18/h4-5,12-14H,6-11H2,1-3H3,(H,26,30). The van der Waals surface area contributed by atoms with Gasteiger partial charge >= 0.3 is 0 Å². The van der Waals surface area contributed by atoms with Crippen molar-refractivity contribution in [2.45, 2.75) is 6.42 Å². The van der Waals surface area contributed by atoms with Gasteiger partial charge in [0.15, 0.2) is 17.3 Å². The number of oxazole rings is 1. The first kappa shape index (κ1) is 24.0. The first-order chi connectivity index (χ1) is 17.1. The molecule has 11 nitrogen and oxygen atoms in total. The molecule has 4 rings (SSSR count). The van der Waals surface area contributed by atoms with Crippen LogP contribution in [0.15, 0.2) is 39.4 Å². The number of nitrogens with one attached hydrogen (secondary N) is 1. The minimum absolute atomic E-state index is 0.119. The van der Waals surface area contributed by atoms with Crippen LogP contribution in [-0.4, -0.2) is 69.8 Å². The lowest BCUT2D eigenvalue weighted by atomic mass is 10.2. The summed E-state index contributed by atoms with van der Waals surface area (Å²) in [5, 5.41) is 12.4. The molecule has 184 valence electrons. The predicted octanol–water partition coefficient (Wildman–Crippen LogP) is 2.98. The zero-order valence-electron chi connectivity index (χ0n) is 19.9. The van der Waals surface area contributed by atoms with Crippen LogP contribution in [0.5, 0.6) is 17.2 Å². The molecule has 35 heavy (non-hydrogen) atoms. The van der Waals surface area contributed by atoms with E-state index in [0.29, 0.717) is 60.6 Å². The number of furan rings is 1.